The maximum Gasteiger partial charge on any atom is 0.343 e. The number of aryl methyl sites for hydroxylation is 1. The summed E-state index contributed by atoms with van der Waals surface area (Å²) in [6.45, 7) is 1.48. The van der Waals surface area contributed by atoms with Crippen molar-refractivity contribution in [3.05, 3.63) is 22.1 Å². The van der Waals surface area contributed by atoms with Crippen LogP contribution >= 0.6 is 0 Å². The molecule has 0 bridgehead atoms. The Morgan fingerprint density at radius 1 is 1.89 bits per heavy atom. The van der Waals surface area contributed by atoms with Gasteiger partial charge in [0, 0.05) is 0 Å². The van der Waals surface area contributed by atoms with Crippen LogP contribution in [0.15, 0.2) is 4.52 Å². The summed E-state index contributed by atoms with van der Waals surface area (Å²) in [7, 11) is 0. The van der Waals surface area contributed by atoms with Gasteiger partial charge in [-0.25, -0.2) is 0 Å². The van der Waals surface area contributed by atoms with E-state index in [1.165, 1.54) is 6.92 Å². The molecule has 0 saturated heterocycles. The summed E-state index contributed by atoms with van der Waals surface area (Å²) in [6, 6.07) is 0. The molecule has 9 heavy (non-hydrogen) atoms. The van der Waals surface area contributed by atoms with Gasteiger partial charge >= 0.3 is 5.69 Å². The Labute approximate surface area is 50.4 Å². The summed E-state index contributed by atoms with van der Waals surface area (Å²) in [5.41, 5.74) is 0.0509. The highest BCUT2D eigenvalue weighted by atomic mass is 16.6. The largest absolute Gasteiger partial charge is 0.345 e. The van der Waals surface area contributed by atoms with Gasteiger partial charge in [-0.05, 0) is 6.92 Å². The molecule has 5 heteroatoms. The Hall–Kier alpha value is -1.39. The molecule has 0 amide bonds. The molecule has 1 radical (unpaired) electrons. The monoisotopic (exact) mass is 127 g/mol. The highest BCUT2D eigenvalue weighted by Gasteiger charge is 2.14. The molecule has 47 valence electrons. The molecule has 0 fully saturated rings. The lowest BCUT2D eigenvalue weighted by atomic mass is 10.4. The summed E-state index contributed by atoms with van der Waals surface area (Å²) < 4.78 is 4.19. The van der Waals surface area contributed by atoms with Crippen LogP contribution in [0.25, 0.3) is 0 Å². The van der Waals surface area contributed by atoms with Crippen LogP contribution in [0.1, 0.15) is 5.69 Å². The molecular formula is C4H3N2O3. The predicted octanol–water partition coefficient (Wildman–Crippen LogP) is 0.691. The fraction of sp³-hybridized carbons (Fsp3) is 0.250. The van der Waals surface area contributed by atoms with Crippen molar-refractivity contribution in [2.24, 2.45) is 0 Å². The Balaban J connectivity index is 3.08. The number of hydrogen-bond acceptors (Lipinski definition) is 4. The smallest absolute Gasteiger partial charge is 0.343 e. The average molecular weight is 127 g/mol. The van der Waals surface area contributed by atoms with E-state index in [9.17, 15) is 10.1 Å². The van der Waals surface area contributed by atoms with Crippen molar-refractivity contribution < 1.29 is 9.45 Å². The van der Waals surface area contributed by atoms with Gasteiger partial charge in [-0.2, -0.15) is 0 Å². The lowest BCUT2D eigenvalue weighted by Crippen LogP contribution is -1.87. The van der Waals surface area contributed by atoms with Gasteiger partial charge in [0.1, 0.15) is 0 Å². The van der Waals surface area contributed by atoms with Crippen LogP contribution in [0.3, 0.4) is 0 Å². The Morgan fingerprint density at radius 3 is 2.78 bits per heavy atom. The van der Waals surface area contributed by atoms with Crippen LogP contribution in [0.4, 0.5) is 5.69 Å². The first-order chi connectivity index (χ1) is 4.22. The van der Waals surface area contributed by atoms with Crippen molar-refractivity contribution >= 4 is 5.69 Å². The zero-order valence-corrected chi connectivity index (χ0v) is 4.62. The molecule has 1 aromatic rings. The van der Waals surface area contributed by atoms with Gasteiger partial charge in [-0.1, -0.05) is 5.16 Å². The molecule has 1 heterocycles. The second-order valence-corrected chi connectivity index (χ2v) is 1.48. The zero-order chi connectivity index (χ0) is 6.85. The van der Waals surface area contributed by atoms with E-state index >= 15 is 0 Å². The van der Waals surface area contributed by atoms with Gasteiger partial charge in [0.15, 0.2) is 5.69 Å². The van der Waals surface area contributed by atoms with E-state index < -0.39 is 4.92 Å². The number of nitrogens with zero attached hydrogens (tertiary/aromatic N) is 2. The van der Waals surface area contributed by atoms with Crippen LogP contribution in [0.2, 0.25) is 0 Å². The summed E-state index contributed by atoms with van der Waals surface area (Å²) in [6.07, 6.45) is 2.02. The normalized spacial score (nSPS) is 9.44. The lowest BCUT2D eigenvalue weighted by Gasteiger charge is -1.79. The van der Waals surface area contributed by atoms with Crippen molar-refractivity contribution in [1.29, 1.82) is 0 Å². The SMILES string of the molecule is Cc1no[c]c1[N+](=O)[O-]. The number of nitro groups is 1. The van der Waals surface area contributed by atoms with Crippen LogP contribution in [0, 0.1) is 23.3 Å². The predicted molar refractivity (Wildman–Crippen MR) is 26.7 cm³/mol. The highest BCUT2D eigenvalue weighted by Crippen LogP contribution is 2.12. The molecule has 0 saturated carbocycles. The van der Waals surface area contributed by atoms with Gasteiger partial charge in [-0.15, -0.1) is 0 Å². The Morgan fingerprint density at radius 2 is 2.56 bits per heavy atom. The standard InChI is InChI=1S/C4H3N2O3/c1-3-4(6(7)8)2-9-5-3/h1H3. The second kappa shape index (κ2) is 1.85. The minimum Gasteiger partial charge on any atom is -0.345 e. The van der Waals surface area contributed by atoms with E-state index in [1.54, 1.807) is 0 Å². The highest BCUT2D eigenvalue weighted by molar-refractivity contribution is 5.27. The molecule has 0 aliphatic heterocycles. The molecule has 0 unspecified atom stereocenters. The van der Waals surface area contributed by atoms with E-state index in [2.05, 4.69) is 9.68 Å². The van der Waals surface area contributed by atoms with Crippen LogP contribution in [-0.4, -0.2) is 10.1 Å². The van der Waals surface area contributed by atoms with Gasteiger partial charge in [0.05, 0.1) is 4.92 Å². The molecule has 1 rings (SSSR count). The molecule has 0 aliphatic rings. The summed E-state index contributed by atoms with van der Waals surface area (Å²) >= 11 is 0. The summed E-state index contributed by atoms with van der Waals surface area (Å²) in [5.74, 6) is 0. The van der Waals surface area contributed by atoms with Gasteiger partial charge in [0.2, 0.25) is 0 Å². The molecule has 0 aromatic carbocycles. The van der Waals surface area contributed by atoms with Gasteiger partial charge in [-0.3, -0.25) is 10.1 Å². The summed E-state index contributed by atoms with van der Waals surface area (Å²) in [5, 5.41) is 13.2. The first kappa shape index (κ1) is 5.74. The lowest BCUT2D eigenvalue weighted by molar-refractivity contribution is -0.386. The van der Waals surface area contributed by atoms with Gasteiger partial charge < -0.3 is 4.52 Å². The topological polar surface area (TPSA) is 69.2 Å². The van der Waals surface area contributed by atoms with E-state index in [-0.39, 0.29) is 11.4 Å². The third kappa shape index (κ3) is 0.883. The fourth-order valence-electron chi connectivity index (χ4n) is 0.421. The maximum absolute atomic E-state index is 9.96. The quantitative estimate of drug-likeness (QED) is 0.411. The molecular weight excluding hydrogens is 124 g/mol. The van der Waals surface area contributed by atoms with E-state index in [4.69, 9.17) is 0 Å². The Kier molecular flexibility index (Phi) is 1.18. The molecule has 1 aromatic heterocycles. The van der Waals surface area contributed by atoms with Crippen LogP contribution < -0.4 is 0 Å². The molecule has 0 N–H and O–H groups in total. The van der Waals surface area contributed by atoms with Crippen molar-refractivity contribution in [2.45, 2.75) is 6.92 Å². The third-order valence-corrected chi connectivity index (χ3v) is 0.850. The number of rotatable bonds is 1. The summed E-state index contributed by atoms with van der Waals surface area (Å²) in [4.78, 5) is 9.37. The van der Waals surface area contributed by atoms with E-state index in [1.807, 2.05) is 6.26 Å². The van der Waals surface area contributed by atoms with Crippen LogP contribution in [0.5, 0.6) is 0 Å². The third-order valence-electron chi connectivity index (χ3n) is 0.850. The number of hydrogen-bond donors (Lipinski definition) is 0. The first-order valence-electron chi connectivity index (χ1n) is 2.20. The molecule has 0 atom stereocenters. The van der Waals surface area contributed by atoms with E-state index in [0.29, 0.717) is 0 Å². The first-order valence-corrected chi connectivity index (χ1v) is 2.20. The minimum atomic E-state index is -0.591. The molecule has 0 aliphatic carbocycles. The number of aromatic nitrogens is 1. The zero-order valence-electron chi connectivity index (χ0n) is 4.62. The van der Waals surface area contributed by atoms with Crippen molar-refractivity contribution in [1.82, 2.24) is 5.16 Å². The van der Waals surface area contributed by atoms with Crippen molar-refractivity contribution in [2.75, 3.05) is 0 Å². The molecule has 5 nitrogen and oxygen atoms in total. The maximum atomic E-state index is 9.96. The minimum absolute atomic E-state index is 0.199. The molecule has 0 spiro atoms. The van der Waals surface area contributed by atoms with Crippen molar-refractivity contribution in [3.63, 3.8) is 0 Å². The Bertz CT molecular complexity index is 229. The van der Waals surface area contributed by atoms with Crippen molar-refractivity contribution in [3.8, 4) is 0 Å². The fourth-order valence-corrected chi connectivity index (χ4v) is 0.421. The van der Waals surface area contributed by atoms with E-state index in [0.717, 1.165) is 0 Å². The van der Waals surface area contributed by atoms with Gasteiger partial charge in [0.25, 0.3) is 6.26 Å². The van der Waals surface area contributed by atoms with Crippen LogP contribution in [-0.2, 0) is 0 Å². The average Bonchev–Trinajstić information content (AvgIpc) is 2.13. The second-order valence-electron chi connectivity index (χ2n) is 1.48.